The Morgan fingerprint density at radius 3 is 2.08 bits per heavy atom. The predicted octanol–water partition coefficient (Wildman–Crippen LogP) is 5.13. The highest BCUT2D eigenvalue weighted by Gasteiger charge is 2.73. The SMILES string of the molecule is CC(C)(C)C(=O)C1C(c2ccc([N+](=O)[O-])cc2)C2(C(=O)c3ccccc3C2=O)C2c3ccccc3C=NN12. The fraction of sp³-hybridized carbons (Fsp3) is 0.267. The monoisotopic (exact) mass is 507 g/mol. The lowest BCUT2D eigenvalue weighted by molar-refractivity contribution is -0.384. The Morgan fingerprint density at radius 2 is 1.50 bits per heavy atom. The van der Waals surface area contributed by atoms with Gasteiger partial charge in [-0.25, -0.2) is 0 Å². The number of hydrogen-bond donors (Lipinski definition) is 0. The maximum atomic E-state index is 14.6. The first-order valence-corrected chi connectivity index (χ1v) is 12.5. The number of benzene rings is 3. The molecule has 0 bridgehead atoms. The van der Waals surface area contributed by atoms with Crippen LogP contribution in [-0.4, -0.2) is 39.5 Å². The topological polar surface area (TPSA) is 110 Å². The van der Waals surface area contributed by atoms with Crippen molar-refractivity contribution < 1.29 is 19.3 Å². The molecule has 0 aromatic heterocycles. The molecule has 0 radical (unpaired) electrons. The average Bonchev–Trinajstić information content (AvgIpc) is 3.34. The molecule has 1 fully saturated rings. The number of rotatable bonds is 3. The Kier molecular flexibility index (Phi) is 5.04. The van der Waals surface area contributed by atoms with E-state index in [1.165, 1.54) is 12.1 Å². The van der Waals surface area contributed by atoms with Gasteiger partial charge in [-0.05, 0) is 16.7 Å². The Labute approximate surface area is 219 Å². The number of hydrazone groups is 1. The predicted molar refractivity (Wildman–Crippen MR) is 140 cm³/mol. The summed E-state index contributed by atoms with van der Waals surface area (Å²) >= 11 is 0. The zero-order valence-electron chi connectivity index (χ0n) is 21.1. The summed E-state index contributed by atoms with van der Waals surface area (Å²) in [7, 11) is 0. The molecule has 8 nitrogen and oxygen atoms in total. The molecule has 0 N–H and O–H groups in total. The van der Waals surface area contributed by atoms with Gasteiger partial charge in [0.05, 0.1) is 17.2 Å². The molecule has 2 aliphatic heterocycles. The van der Waals surface area contributed by atoms with Gasteiger partial charge in [-0.2, -0.15) is 5.10 Å². The van der Waals surface area contributed by atoms with Crippen LogP contribution in [0.1, 0.15) is 70.1 Å². The highest BCUT2D eigenvalue weighted by molar-refractivity contribution is 6.31. The van der Waals surface area contributed by atoms with Crippen molar-refractivity contribution in [3.8, 4) is 0 Å². The molecule has 2 heterocycles. The van der Waals surface area contributed by atoms with Gasteiger partial charge in [0.15, 0.2) is 17.3 Å². The molecule has 3 aliphatic rings. The quantitative estimate of drug-likeness (QED) is 0.276. The summed E-state index contributed by atoms with van der Waals surface area (Å²) in [6, 6.07) is 18.3. The van der Waals surface area contributed by atoms with Crippen LogP contribution in [0.5, 0.6) is 0 Å². The van der Waals surface area contributed by atoms with Crippen LogP contribution in [0.3, 0.4) is 0 Å². The van der Waals surface area contributed by atoms with E-state index in [2.05, 4.69) is 0 Å². The van der Waals surface area contributed by atoms with Crippen molar-refractivity contribution in [2.24, 2.45) is 15.9 Å². The van der Waals surface area contributed by atoms with Gasteiger partial charge in [0.1, 0.15) is 11.5 Å². The molecular weight excluding hydrogens is 482 g/mol. The van der Waals surface area contributed by atoms with Crippen LogP contribution in [0.2, 0.25) is 0 Å². The summed E-state index contributed by atoms with van der Waals surface area (Å²) in [5.41, 5.74) is 0.0515. The number of carbonyl (C=O) groups is 3. The van der Waals surface area contributed by atoms with E-state index < -0.39 is 33.8 Å². The van der Waals surface area contributed by atoms with E-state index in [9.17, 15) is 24.5 Å². The lowest BCUT2D eigenvalue weighted by atomic mass is 9.62. The highest BCUT2D eigenvalue weighted by atomic mass is 16.6. The van der Waals surface area contributed by atoms with Crippen LogP contribution < -0.4 is 0 Å². The van der Waals surface area contributed by atoms with Gasteiger partial charge >= 0.3 is 0 Å². The summed E-state index contributed by atoms with van der Waals surface area (Å²) in [4.78, 5) is 54.2. The molecule has 1 spiro atoms. The third kappa shape index (κ3) is 3.03. The molecule has 6 rings (SSSR count). The summed E-state index contributed by atoms with van der Waals surface area (Å²) in [6.07, 6.45) is 1.66. The molecule has 0 saturated carbocycles. The van der Waals surface area contributed by atoms with Crippen LogP contribution in [0.25, 0.3) is 0 Å². The van der Waals surface area contributed by atoms with Crippen LogP contribution in [0.4, 0.5) is 5.69 Å². The summed E-state index contributed by atoms with van der Waals surface area (Å²) in [6.45, 7) is 5.41. The maximum absolute atomic E-state index is 14.6. The molecule has 3 aromatic carbocycles. The third-order valence-electron chi connectivity index (χ3n) is 8.05. The molecule has 8 heteroatoms. The number of carbonyl (C=O) groups excluding carboxylic acids is 3. The first-order chi connectivity index (χ1) is 18.1. The van der Waals surface area contributed by atoms with Crippen LogP contribution in [0, 0.1) is 20.9 Å². The standard InChI is InChI=1S/C30H25N3O5/c1-29(2,3)28(36)24-23(17-12-14-19(15-13-17)33(37)38)30(26(34)21-10-6-7-11-22(21)27(30)35)25-20-9-5-4-8-18(20)16-31-32(24)25/h4-16,23-25H,1-3H3. The number of nitro benzene ring substituents is 1. The Morgan fingerprint density at radius 1 is 0.921 bits per heavy atom. The molecule has 190 valence electrons. The molecule has 1 aliphatic carbocycles. The largest absolute Gasteiger partial charge is 0.297 e. The molecule has 3 atom stereocenters. The maximum Gasteiger partial charge on any atom is 0.269 e. The highest BCUT2D eigenvalue weighted by Crippen LogP contribution is 2.65. The Balaban J connectivity index is 1.69. The van der Waals surface area contributed by atoms with Gasteiger partial charge in [0.25, 0.3) is 5.69 Å². The number of nitro groups is 1. The first-order valence-electron chi connectivity index (χ1n) is 12.5. The van der Waals surface area contributed by atoms with Gasteiger partial charge in [0, 0.05) is 34.6 Å². The van der Waals surface area contributed by atoms with Crippen LogP contribution in [0.15, 0.2) is 77.9 Å². The second-order valence-electron chi connectivity index (χ2n) is 11.1. The Bertz CT molecular complexity index is 1530. The summed E-state index contributed by atoms with van der Waals surface area (Å²) < 4.78 is 0. The number of Topliss-reactive ketones (excluding diaryl/α,β-unsaturated/α-hetero) is 3. The number of non-ortho nitro benzene ring substituents is 1. The van der Waals surface area contributed by atoms with Gasteiger partial charge in [0.2, 0.25) is 0 Å². The minimum absolute atomic E-state index is 0.118. The van der Waals surface area contributed by atoms with E-state index in [1.54, 1.807) is 68.4 Å². The first kappa shape index (κ1) is 23.9. The van der Waals surface area contributed by atoms with Crippen LogP contribution in [-0.2, 0) is 4.79 Å². The van der Waals surface area contributed by atoms with Gasteiger partial charge in [-0.1, -0.05) is 81.4 Å². The van der Waals surface area contributed by atoms with E-state index in [0.717, 1.165) is 11.1 Å². The minimum Gasteiger partial charge on any atom is -0.297 e. The molecule has 0 amide bonds. The Hall–Kier alpha value is -4.46. The van der Waals surface area contributed by atoms with E-state index in [0.29, 0.717) is 16.7 Å². The van der Waals surface area contributed by atoms with E-state index in [4.69, 9.17) is 5.10 Å². The number of hydrogen-bond acceptors (Lipinski definition) is 7. The number of ketones is 3. The lowest BCUT2D eigenvalue weighted by Gasteiger charge is -2.36. The molecule has 3 unspecified atom stereocenters. The minimum atomic E-state index is -1.68. The summed E-state index contributed by atoms with van der Waals surface area (Å²) in [5, 5.41) is 17.7. The van der Waals surface area contributed by atoms with E-state index in [-0.39, 0.29) is 23.0 Å². The van der Waals surface area contributed by atoms with Crippen molar-refractivity contribution in [3.05, 3.63) is 111 Å². The van der Waals surface area contributed by atoms with Crippen molar-refractivity contribution in [1.29, 1.82) is 0 Å². The smallest absolute Gasteiger partial charge is 0.269 e. The zero-order chi connectivity index (χ0) is 27.0. The number of fused-ring (bicyclic) bond motifs is 5. The average molecular weight is 508 g/mol. The van der Waals surface area contributed by atoms with Crippen molar-refractivity contribution >= 4 is 29.3 Å². The molecule has 1 saturated heterocycles. The molecule has 38 heavy (non-hydrogen) atoms. The fourth-order valence-electron chi connectivity index (χ4n) is 6.40. The van der Waals surface area contributed by atoms with Crippen molar-refractivity contribution in [2.45, 2.75) is 38.8 Å². The van der Waals surface area contributed by atoms with E-state index >= 15 is 0 Å². The fourth-order valence-corrected chi connectivity index (χ4v) is 6.40. The number of nitrogens with zero attached hydrogens (tertiary/aromatic N) is 3. The van der Waals surface area contributed by atoms with Crippen LogP contribution >= 0.6 is 0 Å². The third-order valence-corrected chi connectivity index (χ3v) is 8.05. The normalized spacial score (nSPS) is 22.8. The second kappa shape index (κ2) is 8.02. The van der Waals surface area contributed by atoms with Crippen molar-refractivity contribution in [1.82, 2.24) is 5.01 Å². The van der Waals surface area contributed by atoms with Gasteiger partial charge in [-0.3, -0.25) is 29.5 Å². The van der Waals surface area contributed by atoms with E-state index in [1.807, 2.05) is 24.3 Å². The van der Waals surface area contributed by atoms with Crippen molar-refractivity contribution in [3.63, 3.8) is 0 Å². The zero-order valence-corrected chi connectivity index (χ0v) is 21.1. The summed E-state index contributed by atoms with van der Waals surface area (Å²) in [5.74, 6) is -1.80. The second-order valence-corrected chi connectivity index (χ2v) is 11.1. The van der Waals surface area contributed by atoms with Crippen molar-refractivity contribution in [2.75, 3.05) is 0 Å². The van der Waals surface area contributed by atoms with Gasteiger partial charge in [-0.15, -0.1) is 0 Å². The molecule has 3 aromatic rings. The lowest BCUT2D eigenvalue weighted by Crippen LogP contribution is -2.45. The van der Waals surface area contributed by atoms with Gasteiger partial charge < -0.3 is 0 Å². The molecular formula is C30H25N3O5.